The molecular weight excluding hydrogens is 262 g/mol. The van der Waals surface area contributed by atoms with Crippen LogP contribution in [0.15, 0.2) is 36.2 Å². The number of methoxy groups -OCH3 is 2. The van der Waals surface area contributed by atoms with Crippen molar-refractivity contribution < 1.29 is 19.1 Å². The summed E-state index contributed by atoms with van der Waals surface area (Å²) < 4.78 is 9.10. The number of rotatable bonds is 4. The summed E-state index contributed by atoms with van der Waals surface area (Å²) in [5, 5.41) is 10.4. The minimum Gasteiger partial charge on any atom is -0.466 e. The molecule has 0 unspecified atom stereocenters. The van der Waals surface area contributed by atoms with Crippen LogP contribution in [0.1, 0.15) is 0 Å². The van der Waals surface area contributed by atoms with Crippen LogP contribution in [0.3, 0.4) is 0 Å². The Kier molecular flexibility index (Phi) is 3.99. The zero-order valence-electron chi connectivity index (χ0n) is 11.0. The second-order valence-corrected chi connectivity index (χ2v) is 3.87. The molecule has 2 rings (SSSR count). The summed E-state index contributed by atoms with van der Waals surface area (Å²) in [5.41, 5.74) is 1.48. The predicted octanol–water partition coefficient (Wildman–Crippen LogP) is 1.20. The third-order valence-electron chi connectivity index (χ3n) is 2.59. The molecule has 0 aliphatic rings. The van der Waals surface area contributed by atoms with Gasteiger partial charge in [-0.05, 0) is 18.2 Å². The van der Waals surface area contributed by atoms with E-state index in [0.29, 0.717) is 5.69 Å². The molecule has 0 saturated heterocycles. The van der Waals surface area contributed by atoms with Crippen LogP contribution in [0.2, 0.25) is 0 Å². The van der Waals surface area contributed by atoms with Gasteiger partial charge in [0.25, 0.3) is 0 Å². The fourth-order valence-electron chi connectivity index (χ4n) is 1.61. The van der Waals surface area contributed by atoms with Gasteiger partial charge in [-0.1, -0.05) is 0 Å². The standard InChI is InChI=1S/C13H13N3O4/c1-19-12(17)6-11(13(18)20-2)15-9-3-4-10-8(5-9)7-14-16-10/h3-7,15H,1-2H3,(H,14,16)/b11-6+. The first kappa shape index (κ1) is 13.6. The highest BCUT2D eigenvalue weighted by Crippen LogP contribution is 2.18. The summed E-state index contributed by atoms with van der Waals surface area (Å²) in [5.74, 6) is -1.31. The SMILES string of the molecule is COC(=O)/C=C(/Nc1ccc2[nH]ncc2c1)C(=O)OC. The molecule has 0 amide bonds. The van der Waals surface area contributed by atoms with Crippen molar-refractivity contribution in [3.05, 3.63) is 36.2 Å². The number of benzene rings is 1. The number of carbonyl (C=O) groups excluding carboxylic acids is 2. The number of fused-ring (bicyclic) bond motifs is 1. The van der Waals surface area contributed by atoms with E-state index in [1.807, 2.05) is 0 Å². The summed E-state index contributed by atoms with van der Waals surface area (Å²) in [6.45, 7) is 0. The van der Waals surface area contributed by atoms with Gasteiger partial charge in [-0.25, -0.2) is 9.59 Å². The zero-order valence-corrected chi connectivity index (χ0v) is 11.0. The lowest BCUT2D eigenvalue weighted by Gasteiger charge is -2.08. The van der Waals surface area contributed by atoms with E-state index in [4.69, 9.17) is 0 Å². The quantitative estimate of drug-likeness (QED) is 0.643. The Hall–Kier alpha value is -2.83. The molecule has 7 heteroatoms. The van der Waals surface area contributed by atoms with Crippen LogP contribution in [-0.2, 0) is 19.1 Å². The lowest BCUT2D eigenvalue weighted by atomic mass is 10.2. The summed E-state index contributed by atoms with van der Waals surface area (Å²) >= 11 is 0. The van der Waals surface area contributed by atoms with Gasteiger partial charge >= 0.3 is 11.9 Å². The molecule has 20 heavy (non-hydrogen) atoms. The first-order chi connectivity index (χ1) is 9.63. The van der Waals surface area contributed by atoms with Crippen LogP contribution in [-0.4, -0.2) is 36.4 Å². The second-order valence-electron chi connectivity index (χ2n) is 3.87. The van der Waals surface area contributed by atoms with E-state index in [1.54, 1.807) is 24.4 Å². The van der Waals surface area contributed by atoms with E-state index in [2.05, 4.69) is 25.0 Å². The molecular formula is C13H13N3O4. The Morgan fingerprint density at radius 3 is 2.80 bits per heavy atom. The maximum Gasteiger partial charge on any atom is 0.354 e. The number of nitrogens with one attached hydrogen (secondary N) is 2. The lowest BCUT2D eigenvalue weighted by molar-refractivity contribution is -0.138. The van der Waals surface area contributed by atoms with Gasteiger partial charge in [0.15, 0.2) is 0 Å². The number of carbonyl (C=O) groups is 2. The zero-order chi connectivity index (χ0) is 14.5. The Labute approximate surface area is 114 Å². The first-order valence-corrected chi connectivity index (χ1v) is 5.72. The fourth-order valence-corrected chi connectivity index (χ4v) is 1.61. The van der Waals surface area contributed by atoms with Gasteiger partial charge in [-0.2, -0.15) is 5.10 Å². The molecule has 1 heterocycles. The maximum atomic E-state index is 11.6. The average molecular weight is 275 g/mol. The topological polar surface area (TPSA) is 93.3 Å². The number of anilines is 1. The molecule has 0 radical (unpaired) electrons. The Morgan fingerprint density at radius 2 is 2.10 bits per heavy atom. The summed E-state index contributed by atoms with van der Waals surface area (Å²) in [4.78, 5) is 22.8. The number of H-pyrrole nitrogens is 1. The van der Waals surface area contributed by atoms with Gasteiger partial charge in [-0.15, -0.1) is 0 Å². The van der Waals surface area contributed by atoms with Gasteiger partial charge in [0.2, 0.25) is 0 Å². The molecule has 0 aliphatic heterocycles. The molecule has 0 spiro atoms. The van der Waals surface area contributed by atoms with E-state index >= 15 is 0 Å². The molecule has 1 aromatic heterocycles. The van der Waals surface area contributed by atoms with Gasteiger partial charge < -0.3 is 14.8 Å². The number of aromatic amines is 1. The third-order valence-corrected chi connectivity index (χ3v) is 2.59. The Balaban J connectivity index is 2.28. The van der Waals surface area contributed by atoms with Gasteiger partial charge in [-0.3, -0.25) is 5.10 Å². The molecule has 7 nitrogen and oxygen atoms in total. The number of hydrogen-bond donors (Lipinski definition) is 2. The molecule has 0 fully saturated rings. The van der Waals surface area contributed by atoms with E-state index in [1.165, 1.54) is 14.2 Å². The van der Waals surface area contributed by atoms with Crippen LogP contribution in [0.25, 0.3) is 10.9 Å². The highest BCUT2D eigenvalue weighted by atomic mass is 16.5. The number of aromatic nitrogens is 2. The molecule has 0 aliphatic carbocycles. The normalized spacial score (nSPS) is 11.2. The largest absolute Gasteiger partial charge is 0.466 e. The van der Waals surface area contributed by atoms with E-state index in [0.717, 1.165) is 17.0 Å². The molecule has 2 aromatic rings. The lowest BCUT2D eigenvalue weighted by Crippen LogP contribution is -2.15. The van der Waals surface area contributed by atoms with Gasteiger partial charge in [0.1, 0.15) is 5.70 Å². The van der Waals surface area contributed by atoms with Crippen molar-refractivity contribution in [2.24, 2.45) is 0 Å². The first-order valence-electron chi connectivity index (χ1n) is 5.72. The molecule has 104 valence electrons. The monoisotopic (exact) mass is 275 g/mol. The number of nitrogens with zero attached hydrogens (tertiary/aromatic N) is 1. The van der Waals surface area contributed by atoms with Crippen molar-refractivity contribution in [3.8, 4) is 0 Å². The molecule has 2 N–H and O–H groups in total. The summed E-state index contributed by atoms with van der Waals surface area (Å²) in [7, 11) is 2.46. The van der Waals surface area contributed by atoms with Crippen LogP contribution < -0.4 is 5.32 Å². The van der Waals surface area contributed by atoms with Crippen molar-refractivity contribution in [2.45, 2.75) is 0 Å². The van der Waals surface area contributed by atoms with Crippen molar-refractivity contribution in [3.63, 3.8) is 0 Å². The Morgan fingerprint density at radius 1 is 1.30 bits per heavy atom. The van der Waals surface area contributed by atoms with E-state index < -0.39 is 11.9 Å². The second kappa shape index (κ2) is 5.87. The van der Waals surface area contributed by atoms with Crippen LogP contribution in [0, 0.1) is 0 Å². The van der Waals surface area contributed by atoms with Crippen molar-refractivity contribution in [1.82, 2.24) is 10.2 Å². The molecule has 0 bridgehead atoms. The molecule has 0 atom stereocenters. The minimum atomic E-state index is -0.664. The number of hydrogen-bond acceptors (Lipinski definition) is 6. The van der Waals surface area contributed by atoms with Crippen molar-refractivity contribution in [1.29, 1.82) is 0 Å². The molecule has 1 aromatic carbocycles. The number of esters is 2. The fraction of sp³-hybridized carbons (Fsp3) is 0.154. The summed E-state index contributed by atoms with van der Waals surface area (Å²) in [6.07, 6.45) is 2.69. The summed E-state index contributed by atoms with van der Waals surface area (Å²) in [6, 6.07) is 5.33. The predicted molar refractivity (Wildman–Crippen MR) is 71.8 cm³/mol. The van der Waals surface area contributed by atoms with Crippen LogP contribution >= 0.6 is 0 Å². The van der Waals surface area contributed by atoms with Gasteiger partial charge in [0.05, 0.1) is 32.0 Å². The van der Waals surface area contributed by atoms with E-state index in [9.17, 15) is 9.59 Å². The van der Waals surface area contributed by atoms with Crippen LogP contribution in [0.4, 0.5) is 5.69 Å². The van der Waals surface area contributed by atoms with E-state index in [-0.39, 0.29) is 5.70 Å². The Bertz CT molecular complexity index is 675. The van der Waals surface area contributed by atoms with Crippen LogP contribution in [0.5, 0.6) is 0 Å². The van der Waals surface area contributed by atoms with Gasteiger partial charge in [0, 0.05) is 11.1 Å². The van der Waals surface area contributed by atoms with Crippen molar-refractivity contribution >= 4 is 28.5 Å². The number of ether oxygens (including phenoxy) is 2. The third kappa shape index (κ3) is 2.94. The average Bonchev–Trinajstić information content (AvgIpc) is 2.93. The minimum absolute atomic E-state index is 0.0119. The molecule has 0 saturated carbocycles. The highest BCUT2D eigenvalue weighted by molar-refractivity contribution is 5.99. The smallest absolute Gasteiger partial charge is 0.354 e. The highest BCUT2D eigenvalue weighted by Gasteiger charge is 2.13. The van der Waals surface area contributed by atoms with Crippen molar-refractivity contribution in [2.75, 3.05) is 19.5 Å². The maximum absolute atomic E-state index is 11.6.